The Bertz CT molecular complexity index is 1460. The molecule has 4 rings (SSSR count). The molecule has 1 fully saturated rings. The highest BCUT2D eigenvalue weighted by Gasteiger charge is 2.42. The molecule has 3 aromatic rings. The molecule has 0 aromatic heterocycles. The minimum absolute atomic E-state index is 0.0114. The molecule has 1 aliphatic heterocycles. The average Bonchev–Trinajstić information content (AvgIpc) is 3.19. The van der Waals surface area contributed by atoms with Crippen molar-refractivity contribution in [1.29, 1.82) is 0 Å². The Kier molecular flexibility index (Phi) is 7.11. The summed E-state index contributed by atoms with van der Waals surface area (Å²) < 4.78 is 59.3. The third-order valence-corrected chi connectivity index (χ3v) is 9.59. The Balaban J connectivity index is 1.50. The van der Waals surface area contributed by atoms with Gasteiger partial charge < -0.3 is 4.74 Å². The SMILES string of the molecule is Cc1ccc(S(=O)(=O)N(C)NC(=O)O[C@H]2C[C@@H](S)CN2S(=O)(=O)c2ccc3ccccc3c2)cc1. The van der Waals surface area contributed by atoms with Gasteiger partial charge in [-0.25, -0.2) is 27.1 Å². The van der Waals surface area contributed by atoms with Crippen molar-refractivity contribution in [3.05, 3.63) is 72.3 Å². The topological polar surface area (TPSA) is 113 Å². The van der Waals surface area contributed by atoms with Crippen LogP contribution in [-0.4, -0.2) is 56.7 Å². The van der Waals surface area contributed by atoms with Crippen molar-refractivity contribution in [2.45, 2.75) is 34.6 Å². The summed E-state index contributed by atoms with van der Waals surface area (Å²) in [5, 5.41) is 1.29. The van der Waals surface area contributed by atoms with Crippen LogP contribution < -0.4 is 5.43 Å². The molecule has 1 N–H and O–H groups in total. The molecule has 1 heterocycles. The van der Waals surface area contributed by atoms with Gasteiger partial charge in [0.25, 0.3) is 10.0 Å². The van der Waals surface area contributed by atoms with Crippen LogP contribution in [0.3, 0.4) is 0 Å². The molecule has 1 amide bonds. The Hall–Kier alpha value is -2.64. The molecule has 0 aliphatic carbocycles. The van der Waals surface area contributed by atoms with E-state index >= 15 is 0 Å². The smallest absolute Gasteiger partial charge is 0.424 e. The number of nitrogens with one attached hydrogen (secondary N) is 1. The van der Waals surface area contributed by atoms with Gasteiger partial charge in [-0.15, -0.1) is 4.41 Å². The fourth-order valence-corrected chi connectivity index (χ4v) is 6.84. The molecule has 12 heteroatoms. The van der Waals surface area contributed by atoms with Gasteiger partial charge in [-0.1, -0.05) is 48.0 Å². The fraction of sp³-hybridized carbons (Fsp3) is 0.261. The number of rotatable bonds is 6. The molecule has 0 spiro atoms. The number of carbonyl (C=O) groups is 1. The lowest BCUT2D eigenvalue weighted by Crippen LogP contribution is -2.46. The number of ether oxygens (including phenoxy) is 1. The average molecular weight is 536 g/mol. The standard InChI is InChI=1S/C23H25N3O6S3/c1-16-7-10-20(11-8-16)34(28,29)25(2)24-23(27)32-22-14-19(33)15-26(22)35(30,31)21-12-9-17-5-3-4-6-18(17)13-21/h3-13,19,22,33H,14-15H2,1-2H3,(H,24,27)/t19-,22+/m1/s1. The predicted octanol–water partition coefficient (Wildman–Crippen LogP) is 3.13. The molecule has 0 unspecified atom stereocenters. The summed E-state index contributed by atoms with van der Waals surface area (Å²) in [7, 11) is -6.88. The van der Waals surface area contributed by atoms with Crippen molar-refractivity contribution in [3.8, 4) is 0 Å². The lowest BCUT2D eigenvalue weighted by Gasteiger charge is -2.25. The molecule has 1 saturated heterocycles. The van der Waals surface area contributed by atoms with Gasteiger partial charge in [-0.2, -0.15) is 16.9 Å². The fourth-order valence-electron chi connectivity index (χ4n) is 3.78. The molecular formula is C23H25N3O6S3. The molecule has 0 radical (unpaired) electrons. The maximum absolute atomic E-state index is 13.4. The second-order valence-corrected chi connectivity index (χ2v) is 12.8. The Morgan fingerprint density at radius 2 is 1.63 bits per heavy atom. The van der Waals surface area contributed by atoms with Crippen LogP contribution in [0, 0.1) is 6.92 Å². The van der Waals surface area contributed by atoms with E-state index in [-0.39, 0.29) is 28.0 Å². The quantitative estimate of drug-likeness (QED) is 0.370. The molecule has 3 aromatic carbocycles. The first-order valence-electron chi connectivity index (χ1n) is 10.7. The van der Waals surface area contributed by atoms with Crippen molar-refractivity contribution in [3.63, 3.8) is 0 Å². The van der Waals surface area contributed by atoms with Gasteiger partial charge in [0.05, 0.1) is 9.79 Å². The number of aryl methyl sites for hydroxylation is 1. The first-order chi connectivity index (χ1) is 16.5. The van der Waals surface area contributed by atoms with Gasteiger partial charge in [0.2, 0.25) is 10.0 Å². The number of hydrazine groups is 1. The number of nitrogens with zero attached hydrogens (tertiary/aromatic N) is 2. The van der Waals surface area contributed by atoms with E-state index in [1.54, 1.807) is 24.3 Å². The summed E-state index contributed by atoms with van der Waals surface area (Å²) in [6.45, 7) is 1.86. The minimum Gasteiger partial charge on any atom is -0.428 e. The highest BCUT2D eigenvalue weighted by molar-refractivity contribution is 7.89. The van der Waals surface area contributed by atoms with E-state index in [9.17, 15) is 21.6 Å². The van der Waals surface area contributed by atoms with Gasteiger partial charge in [0, 0.05) is 25.3 Å². The summed E-state index contributed by atoms with van der Waals surface area (Å²) in [5.41, 5.74) is 3.03. The summed E-state index contributed by atoms with van der Waals surface area (Å²) in [6, 6.07) is 18.3. The van der Waals surface area contributed by atoms with Gasteiger partial charge >= 0.3 is 6.09 Å². The first-order valence-corrected chi connectivity index (χ1v) is 14.1. The van der Waals surface area contributed by atoms with Crippen LogP contribution in [0.15, 0.2) is 76.5 Å². The van der Waals surface area contributed by atoms with E-state index in [0.29, 0.717) is 4.41 Å². The number of hydrogen-bond donors (Lipinski definition) is 2. The normalized spacial score (nSPS) is 19.2. The summed E-state index contributed by atoms with van der Waals surface area (Å²) in [6.07, 6.45) is -2.10. The van der Waals surface area contributed by atoms with Crippen LogP contribution in [0.1, 0.15) is 12.0 Å². The zero-order valence-corrected chi connectivity index (χ0v) is 21.6. The maximum atomic E-state index is 13.4. The molecule has 186 valence electrons. The number of sulfonamides is 2. The van der Waals surface area contributed by atoms with E-state index in [4.69, 9.17) is 4.74 Å². The van der Waals surface area contributed by atoms with Gasteiger partial charge in [-0.3, -0.25) is 0 Å². The molecule has 9 nitrogen and oxygen atoms in total. The zero-order valence-electron chi connectivity index (χ0n) is 19.0. The van der Waals surface area contributed by atoms with E-state index < -0.39 is 32.4 Å². The third-order valence-electron chi connectivity index (χ3n) is 5.68. The number of fused-ring (bicyclic) bond motifs is 1. The molecule has 35 heavy (non-hydrogen) atoms. The van der Waals surface area contributed by atoms with Gasteiger partial charge in [0.15, 0.2) is 6.23 Å². The van der Waals surface area contributed by atoms with E-state index in [1.807, 2.05) is 31.2 Å². The number of thiol groups is 1. The molecule has 2 atom stereocenters. The van der Waals surface area contributed by atoms with Gasteiger partial charge in [0.1, 0.15) is 0 Å². The van der Waals surface area contributed by atoms with Crippen molar-refractivity contribution in [2.75, 3.05) is 13.6 Å². The highest BCUT2D eigenvalue weighted by Crippen LogP contribution is 2.31. The highest BCUT2D eigenvalue weighted by atomic mass is 32.2. The zero-order chi connectivity index (χ0) is 25.4. The minimum atomic E-state index is -4.03. The third kappa shape index (κ3) is 5.31. The van der Waals surface area contributed by atoms with Crippen LogP contribution in [0.4, 0.5) is 4.79 Å². The van der Waals surface area contributed by atoms with Crippen LogP contribution in [-0.2, 0) is 24.8 Å². The Labute approximate surface area is 210 Å². The predicted molar refractivity (Wildman–Crippen MR) is 135 cm³/mol. The Morgan fingerprint density at radius 3 is 2.31 bits per heavy atom. The Morgan fingerprint density at radius 1 is 1.00 bits per heavy atom. The largest absolute Gasteiger partial charge is 0.428 e. The number of benzene rings is 3. The van der Waals surface area contributed by atoms with Crippen molar-refractivity contribution < 1.29 is 26.4 Å². The maximum Gasteiger partial charge on any atom is 0.424 e. The van der Waals surface area contributed by atoms with Crippen LogP contribution >= 0.6 is 12.6 Å². The number of carbonyl (C=O) groups excluding carboxylic acids is 1. The van der Waals surface area contributed by atoms with Gasteiger partial charge in [-0.05, 0) is 42.0 Å². The number of amides is 1. The van der Waals surface area contributed by atoms with Crippen LogP contribution in [0.5, 0.6) is 0 Å². The second-order valence-electron chi connectivity index (χ2n) is 8.23. The summed E-state index contributed by atoms with van der Waals surface area (Å²) >= 11 is 4.38. The van der Waals surface area contributed by atoms with E-state index in [0.717, 1.165) is 27.7 Å². The first kappa shape index (κ1) is 25.5. The molecule has 0 bridgehead atoms. The van der Waals surface area contributed by atoms with Crippen LogP contribution in [0.25, 0.3) is 10.8 Å². The van der Waals surface area contributed by atoms with E-state index in [2.05, 4.69) is 18.1 Å². The summed E-state index contributed by atoms with van der Waals surface area (Å²) in [4.78, 5) is 12.6. The van der Waals surface area contributed by atoms with Crippen molar-refractivity contribution in [1.82, 2.24) is 14.1 Å². The lowest BCUT2D eigenvalue weighted by molar-refractivity contribution is 0.0447. The van der Waals surface area contributed by atoms with Crippen molar-refractivity contribution in [2.24, 2.45) is 0 Å². The van der Waals surface area contributed by atoms with Crippen molar-refractivity contribution >= 4 is 49.5 Å². The van der Waals surface area contributed by atoms with E-state index in [1.165, 1.54) is 18.2 Å². The molecular weight excluding hydrogens is 510 g/mol. The summed E-state index contributed by atoms with van der Waals surface area (Å²) in [5.74, 6) is 0. The molecule has 1 aliphatic rings. The monoisotopic (exact) mass is 535 g/mol. The number of hydrogen-bond acceptors (Lipinski definition) is 7. The van der Waals surface area contributed by atoms with Crippen LogP contribution in [0.2, 0.25) is 0 Å². The second kappa shape index (κ2) is 9.78. The lowest BCUT2D eigenvalue weighted by atomic mass is 10.1. The molecule has 0 saturated carbocycles.